The number of hydrogen-bond donors (Lipinski definition) is 1. The Kier molecular flexibility index (Phi) is 4.01. The predicted molar refractivity (Wildman–Crippen MR) is 90.6 cm³/mol. The van der Waals surface area contributed by atoms with Crippen molar-refractivity contribution in [3.05, 3.63) is 66.4 Å². The number of methoxy groups -OCH3 is 1. The normalized spacial score (nSPS) is 11.5. The molecule has 1 N–H and O–H groups in total. The van der Waals surface area contributed by atoms with Gasteiger partial charge >= 0.3 is 0 Å². The second kappa shape index (κ2) is 6.26. The van der Waals surface area contributed by atoms with Crippen molar-refractivity contribution in [2.24, 2.45) is 5.10 Å². The molecule has 0 aliphatic rings. The highest BCUT2D eigenvalue weighted by atomic mass is 16.5. The van der Waals surface area contributed by atoms with Gasteiger partial charge in [0.25, 0.3) is 0 Å². The molecule has 0 unspecified atom stereocenters. The van der Waals surface area contributed by atoms with Crippen molar-refractivity contribution in [1.82, 2.24) is 4.98 Å². The van der Waals surface area contributed by atoms with Crippen LogP contribution in [0, 0.1) is 0 Å². The van der Waals surface area contributed by atoms with Gasteiger partial charge in [0.1, 0.15) is 11.6 Å². The van der Waals surface area contributed by atoms with Gasteiger partial charge in [0, 0.05) is 6.20 Å². The zero-order valence-corrected chi connectivity index (χ0v) is 12.6. The number of hydrazone groups is 1. The molecule has 0 radical (unpaired) electrons. The van der Waals surface area contributed by atoms with Crippen LogP contribution < -0.4 is 10.2 Å². The third-order valence-corrected chi connectivity index (χ3v) is 3.47. The molecule has 0 bridgehead atoms. The molecule has 0 aliphatic carbocycles. The number of nitrogens with zero attached hydrogens (tertiary/aromatic N) is 2. The van der Waals surface area contributed by atoms with Gasteiger partial charge in [-0.25, -0.2) is 4.98 Å². The van der Waals surface area contributed by atoms with E-state index in [9.17, 15) is 0 Å². The highest BCUT2D eigenvalue weighted by Gasteiger charge is 2.02. The van der Waals surface area contributed by atoms with Gasteiger partial charge in [0.15, 0.2) is 0 Å². The van der Waals surface area contributed by atoms with Crippen molar-refractivity contribution in [3.8, 4) is 5.75 Å². The monoisotopic (exact) mass is 291 g/mol. The van der Waals surface area contributed by atoms with E-state index < -0.39 is 0 Å². The highest BCUT2D eigenvalue weighted by Crippen LogP contribution is 2.22. The zero-order valence-electron chi connectivity index (χ0n) is 12.6. The van der Waals surface area contributed by atoms with Crippen LogP contribution in [0.25, 0.3) is 10.8 Å². The minimum atomic E-state index is 0.729. The average Bonchev–Trinajstić information content (AvgIpc) is 2.59. The first-order valence-corrected chi connectivity index (χ1v) is 7.06. The quantitative estimate of drug-likeness (QED) is 0.582. The molecule has 4 nitrogen and oxygen atoms in total. The molecule has 0 atom stereocenters. The number of anilines is 1. The van der Waals surface area contributed by atoms with Crippen LogP contribution in [0.3, 0.4) is 0 Å². The van der Waals surface area contributed by atoms with Crippen LogP contribution in [0.5, 0.6) is 5.75 Å². The number of fused-ring (bicyclic) bond motifs is 1. The highest BCUT2D eigenvalue weighted by molar-refractivity contribution is 6.02. The van der Waals surface area contributed by atoms with Gasteiger partial charge in [0.2, 0.25) is 0 Å². The molecule has 0 saturated carbocycles. The van der Waals surface area contributed by atoms with Gasteiger partial charge in [-0.1, -0.05) is 24.3 Å². The summed E-state index contributed by atoms with van der Waals surface area (Å²) in [4.78, 5) is 4.18. The Morgan fingerprint density at radius 2 is 1.86 bits per heavy atom. The van der Waals surface area contributed by atoms with Crippen molar-refractivity contribution in [2.45, 2.75) is 6.92 Å². The van der Waals surface area contributed by atoms with E-state index in [1.54, 1.807) is 13.3 Å². The lowest BCUT2D eigenvalue weighted by molar-refractivity contribution is 0.415. The third-order valence-electron chi connectivity index (χ3n) is 3.47. The van der Waals surface area contributed by atoms with E-state index in [1.807, 2.05) is 37.3 Å². The zero-order chi connectivity index (χ0) is 15.4. The van der Waals surface area contributed by atoms with Crippen LogP contribution in [-0.2, 0) is 0 Å². The topological polar surface area (TPSA) is 46.5 Å². The molecule has 1 aromatic heterocycles. The number of nitrogens with one attached hydrogen (secondary N) is 1. The fourth-order valence-electron chi connectivity index (χ4n) is 2.21. The van der Waals surface area contributed by atoms with Crippen LogP contribution >= 0.6 is 0 Å². The first-order chi connectivity index (χ1) is 10.8. The average molecular weight is 291 g/mol. The second-order valence-corrected chi connectivity index (χ2v) is 4.95. The minimum Gasteiger partial charge on any atom is -0.497 e. The Morgan fingerprint density at radius 1 is 1.05 bits per heavy atom. The van der Waals surface area contributed by atoms with Gasteiger partial charge in [0.05, 0.1) is 12.8 Å². The number of aromatic nitrogens is 1. The van der Waals surface area contributed by atoms with E-state index in [1.165, 1.54) is 0 Å². The molecular weight excluding hydrogens is 274 g/mol. The Bertz CT molecular complexity index is 813. The molecular formula is C18H17N3O. The molecule has 4 heteroatoms. The summed E-state index contributed by atoms with van der Waals surface area (Å²) in [6.07, 6.45) is 1.73. The Balaban J connectivity index is 1.86. The largest absolute Gasteiger partial charge is 0.497 e. The van der Waals surface area contributed by atoms with Gasteiger partial charge in [-0.05, 0) is 53.6 Å². The van der Waals surface area contributed by atoms with Crippen molar-refractivity contribution in [2.75, 3.05) is 12.5 Å². The molecule has 3 aromatic rings. The summed E-state index contributed by atoms with van der Waals surface area (Å²) in [5.74, 6) is 1.59. The van der Waals surface area contributed by atoms with Crippen molar-refractivity contribution >= 4 is 22.3 Å². The van der Waals surface area contributed by atoms with E-state index >= 15 is 0 Å². The van der Waals surface area contributed by atoms with Gasteiger partial charge < -0.3 is 4.74 Å². The second-order valence-electron chi connectivity index (χ2n) is 4.95. The van der Waals surface area contributed by atoms with Crippen molar-refractivity contribution in [3.63, 3.8) is 0 Å². The Labute approximate surface area is 129 Å². The smallest absolute Gasteiger partial charge is 0.146 e. The standard InChI is InChI=1S/C18H17N3O/c1-13(20-21-18-5-3-4-10-19-18)14-6-7-16-12-17(22-2)9-8-15(16)11-14/h3-12H,1-2H3,(H,19,21). The molecule has 110 valence electrons. The summed E-state index contributed by atoms with van der Waals surface area (Å²) >= 11 is 0. The van der Waals surface area contributed by atoms with E-state index in [0.717, 1.165) is 33.6 Å². The number of benzene rings is 2. The molecule has 22 heavy (non-hydrogen) atoms. The fourth-order valence-corrected chi connectivity index (χ4v) is 2.21. The van der Waals surface area contributed by atoms with Crippen LogP contribution in [0.1, 0.15) is 12.5 Å². The summed E-state index contributed by atoms with van der Waals surface area (Å²) in [7, 11) is 1.68. The van der Waals surface area contributed by atoms with Gasteiger partial charge in [-0.2, -0.15) is 5.10 Å². The molecule has 3 rings (SSSR count). The Morgan fingerprint density at radius 3 is 2.64 bits per heavy atom. The van der Waals surface area contributed by atoms with Crippen LogP contribution in [-0.4, -0.2) is 17.8 Å². The summed E-state index contributed by atoms with van der Waals surface area (Å²) in [6, 6.07) is 18.0. The maximum Gasteiger partial charge on any atom is 0.146 e. The molecule has 0 amide bonds. The van der Waals surface area contributed by atoms with Crippen LogP contribution in [0.4, 0.5) is 5.82 Å². The van der Waals surface area contributed by atoms with Gasteiger partial charge in [-0.15, -0.1) is 0 Å². The molecule has 0 aliphatic heterocycles. The maximum absolute atomic E-state index is 5.25. The molecule has 1 heterocycles. The first-order valence-electron chi connectivity index (χ1n) is 7.06. The van der Waals surface area contributed by atoms with Crippen LogP contribution in [0.15, 0.2) is 65.9 Å². The van der Waals surface area contributed by atoms with E-state index in [0.29, 0.717) is 0 Å². The SMILES string of the molecule is COc1ccc2cc(C(C)=NNc3ccccn3)ccc2c1. The number of pyridine rings is 1. The molecule has 0 fully saturated rings. The van der Waals surface area contributed by atoms with E-state index in [4.69, 9.17) is 4.74 Å². The van der Waals surface area contributed by atoms with Crippen LogP contribution in [0.2, 0.25) is 0 Å². The molecule has 0 spiro atoms. The summed E-state index contributed by atoms with van der Waals surface area (Å²) in [5.41, 5.74) is 4.94. The summed E-state index contributed by atoms with van der Waals surface area (Å²) < 4.78 is 5.25. The van der Waals surface area contributed by atoms with Crippen molar-refractivity contribution < 1.29 is 4.74 Å². The van der Waals surface area contributed by atoms with E-state index in [-0.39, 0.29) is 0 Å². The maximum atomic E-state index is 5.25. The lowest BCUT2D eigenvalue weighted by Crippen LogP contribution is -2.00. The Hall–Kier alpha value is -2.88. The fraction of sp³-hybridized carbons (Fsp3) is 0.111. The number of hydrogen-bond acceptors (Lipinski definition) is 4. The van der Waals surface area contributed by atoms with Gasteiger partial charge in [-0.3, -0.25) is 5.43 Å². The summed E-state index contributed by atoms with van der Waals surface area (Å²) in [5, 5.41) is 6.69. The predicted octanol–water partition coefficient (Wildman–Crippen LogP) is 4.08. The van der Waals surface area contributed by atoms with Crippen molar-refractivity contribution in [1.29, 1.82) is 0 Å². The van der Waals surface area contributed by atoms with E-state index in [2.05, 4.69) is 39.8 Å². The minimum absolute atomic E-state index is 0.729. The third kappa shape index (κ3) is 3.06. The number of rotatable bonds is 4. The molecule has 2 aromatic carbocycles. The number of ether oxygens (including phenoxy) is 1. The lowest BCUT2D eigenvalue weighted by atomic mass is 10.0. The molecule has 0 saturated heterocycles. The first kappa shape index (κ1) is 14.1. The lowest BCUT2D eigenvalue weighted by Gasteiger charge is -2.06. The summed E-state index contributed by atoms with van der Waals surface area (Å²) in [6.45, 7) is 1.97.